The van der Waals surface area contributed by atoms with Gasteiger partial charge in [0, 0.05) is 12.0 Å². The Kier molecular flexibility index (Phi) is 2.47. The lowest BCUT2D eigenvalue weighted by Crippen LogP contribution is -2.56. The second-order valence-corrected chi connectivity index (χ2v) is 6.63. The number of ether oxygens (including phenoxy) is 1. The topological polar surface area (TPSA) is 21.3 Å². The van der Waals surface area contributed by atoms with E-state index in [1.807, 2.05) is 7.11 Å². The summed E-state index contributed by atoms with van der Waals surface area (Å²) in [6, 6.07) is 6.73. The van der Waals surface area contributed by atoms with Gasteiger partial charge < -0.3 is 10.1 Å². The summed E-state index contributed by atoms with van der Waals surface area (Å²) in [5.41, 5.74) is 4.10. The number of fused-ring (bicyclic) bond motifs is 1. The van der Waals surface area contributed by atoms with Gasteiger partial charge in [-0.15, -0.1) is 0 Å². The Hall–Kier alpha value is -1.02. The van der Waals surface area contributed by atoms with Gasteiger partial charge in [0.2, 0.25) is 0 Å². The van der Waals surface area contributed by atoms with Crippen LogP contribution in [0.1, 0.15) is 43.2 Å². The van der Waals surface area contributed by atoms with Gasteiger partial charge in [0.25, 0.3) is 0 Å². The summed E-state index contributed by atoms with van der Waals surface area (Å²) < 4.78 is 5.62. The monoisotopic (exact) mass is 257 g/mol. The molecule has 19 heavy (non-hydrogen) atoms. The number of methoxy groups -OCH3 is 1. The maximum Gasteiger partial charge on any atom is 0.122 e. The predicted octanol–water partition coefficient (Wildman–Crippen LogP) is 3.04. The number of nitrogens with one attached hydrogen (secondary N) is 1. The highest BCUT2D eigenvalue weighted by molar-refractivity contribution is 5.49. The molecule has 1 aliphatic heterocycles. The number of rotatable bonds is 1. The van der Waals surface area contributed by atoms with Crippen molar-refractivity contribution in [2.24, 2.45) is 5.41 Å². The summed E-state index contributed by atoms with van der Waals surface area (Å²) in [5.74, 6) is 1.12. The molecule has 0 bridgehead atoms. The molecule has 0 amide bonds. The Morgan fingerprint density at radius 3 is 3.00 bits per heavy atom. The maximum absolute atomic E-state index is 5.62. The molecular weight excluding hydrogens is 234 g/mol. The van der Waals surface area contributed by atoms with Crippen molar-refractivity contribution in [3.05, 3.63) is 29.3 Å². The molecule has 0 aromatic heterocycles. The first kappa shape index (κ1) is 11.8. The molecule has 2 aliphatic carbocycles. The van der Waals surface area contributed by atoms with Crippen LogP contribution in [-0.2, 0) is 11.8 Å². The third-order valence-corrected chi connectivity index (χ3v) is 6.19. The van der Waals surface area contributed by atoms with Crippen LogP contribution in [0.25, 0.3) is 0 Å². The first-order chi connectivity index (χ1) is 9.31. The van der Waals surface area contributed by atoms with Crippen molar-refractivity contribution in [1.29, 1.82) is 0 Å². The first-order valence-electron chi connectivity index (χ1n) is 7.68. The van der Waals surface area contributed by atoms with Crippen LogP contribution in [-0.4, -0.2) is 20.2 Å². The molecule has 1 aromatic carbocycles. The largest absolute Gasteiger partial charge is 0.496 e. The molecule has 2 atom stereocenters. The highest BCUT2D eigenvalue weighted by atomic mass is 16.5. The highest BCUT2D eigenvalue weighted by Gasteiger charge is 2.58. The normalized spacial score (nSPS) is 36.3. The molecule has 2 unspecified atom stereocenters. The third kappa shape index (κ3) is 1.36. The van der Waals surface area contributed by atoms with Crippen LogP contribution in [0.2, 0.25) is 0 Å². The van der Waals surface area contributed by atoms with Crippen molar-refractivity contribution in [1.82, 2.24) is 5.32 Å². The lowest BCUT2D eigenvalue weighted by atomic mass is 9.53. The van der Waals surface area contributed by atoms with Gasteiger partial charge in [0.05, 0.1) is 7.11 Å². The van der Waals surface area contributed by atoms with E-state index < -0.39 is 0 Å². The zero-order chi connectivity index (χ0) is 12.9. The van der Waals surface area contributed by atoms with Gasteiger partial charge >= 0.3 is 0 Å². The quantitative estimate of drug-likeness (QED) is 0.835. The van der Waals surface area contributed by atoms with E-state index in [2.05, 4.69) is 23.5 Å². The molecule has 2 nitrogen and oxygen atoms in total. The Labute approximate surface area is 115 Å². The SMILES string of the molecule is COc1cccc2c1CCC13CCCC21CCNC3. The minimum atomic E-state index is 0.445. The molecule has 0 spiro atoms. The summed E-state index contributed by atoms with van der Waals surface area (Å²) >= 11 is 0. The van der Waals surface area contributed by atoms with Crippen molar-refractivity contribution < 1.29 is 4.74 Å². The Morgan fingerprint density at radius 2 is 2.11 bits per heavy atom. The fourth-order valence-electron chi connectivity index (χ4n) is 5.35. The van der Waals surface area contributed by atoms with Crippen molar-refractivity contribution in [2.75, 3.05) is 20.2 Å². The van der Waals surface area contributed by atoms with Gasteiger partial charge in [-0.2, -0.15) is 0 Å². The van der Waals surface area contributed by atoms with E-state index in [0.29, 0.717) is 10.8 Å². The van der Waals surface area contributed by atoms with E-state index in [-0.39, 0.29) is 0 Å². The third-order valence-electron chi connectivity index (χ3n) is 6.19. The van der Waals surface area contributed by atoms with Gasteiger partial charge in [-0.1, -0.05) is 18.6 Å². The number of piperidine rings is 1. The van der Waals surface area contributed by atoms with Crippen molar-refractivity contribution >= 4 is 0 Å². The Morgan fingerprint density at radius 1 is 1.16 bits per heavy atom. The van der Waals surface area contributed by atoms with Gasteiger partial charge in [-0.05, 0) is 61.3 Å². The minimum absolute atomic E-state index is 0.445. The lowest BCUT2D eigenvalue weighted by molar-refractivity contribution is 0.0811. The average Bonchev–Trinajstić information content (AvgIpc) is 2.87. The van der Waals surface area contributed by atoms with Crippen molar-refractivity contribution in [3.8, 4) is 5.75 Å². The molecule has 1 saturated heterocycles. The molecule has 102 valence electrons. The van der Waals surface area contributed by atoms with Crippen LogP contribution in [0, 0.1) is 5.41 Å². The smallest absolute Gasteiger partial charge is 0.122 e. The molecule has 1 saturated carbocycles. The van der Waals surface area contributed by atoms with E-state index in [1.165, 1.54) is 57.2 Å². The van der Waals surface area contributed by atoms with Crippen LogP contribution < -0.4 is 10.1 Å². The molecule has 3 aliphatic rings. The van der Waals surface area contributed by atoms with Gasteiger partial charge in [-0.25, -0.2) is 0 Å². The summed E-state index contributed by atoms with van der Waals surface area (Å²) in [6.45, 7) is 2.40. The zero-order valence-corrected chi connectivity index (χ0v) is 11.8. The van der Waals surface area contributed by atoms with Crippen LogP contribution in [0.15, 0.2) is 18.2 Å². The fourth-order valence-corrected chi connectivity index (χ4v) is 5.35. The molecule has 0 radical (unpaired) electrons. The summed E-state index contributed by atoms with van der Waals surface area (Å²) in [6.07, 6.45) is 8.05. The Balaban J connectivity index is 1.93. The molecule has 2 fully saturated rings. The maximum atomic E-state index is 5.62. The van der Waals surface area contributed by atoms with E-state index in [4.69, 9.17) is 4.74 Å². The van der Waals surface area contributed by atoms with Crippen LogP contribution >= 0.6 is 0 Å². The Bertz CT molecular complexity index is 512. The van der Waals surface area contributed by atoms with E-state index in [0.717, 1.165) is 5.75 Å². The minimum Gasteiger partial charge on any atom is -0.496 e. The van der Waals surface area contributed by atoms with Gasteiger partial charge in [0.15, 0.2) is 0 Å². The summed E-state index contributed by atoms with van der Waals surface area (Å²) in [7, 11) is 1.81. The molecular formula is C17H23NO. The van der Waals surface area contributed by atoms with Crippen LogP contribution in [0.3, 0.4) is 0 Å². The zero-order valence-electron chi connectivity index (χ0n) is 11.8. The summed E-state index contributed by atoms with van der Waals surface area (Å²) in [5, 5.41) is 3.67. The van der Waals surface area contributed by atoms with Crippen LogP contribution in [0.5, 0.6) is 5.75 Å². The average molecular weight is 257 g/mol. The predicted molar refractivity (Wildman–Crippen MR) is 76.8 cm³/mol. The highest BCUT2D eigenvalue weighted by Crippen LogP contribution is 2.63. The second kappa shape index (κ2) is 3.99. The lowest BCUT2D eigenvalue weighted by Gasteiger charge is -2.54. The number of hydrogen-bond acceptors (Lipinski definition) is 2. The van der Waals surface area contributed by atoms with Crippen molar-refractivity contribution in [2.45, 2.75) is 43.9 Å². The molecule has 2 heteroatoms. The second-order valence-electron chi connectivity index (χ2n) is 6.63. The molecule has 4 rings (SSSR count). The van der Waals surface area contributed by atoms with E-state index in [9.17, 15) is 0 Å². The molecule has 1 heterocycles. The molecule has 1 N–H and O–H groups in total. The number of benzene rings is 1. The number of hydrogen-bond donors (Lipinski definition) is 1. The van der Waals surface area contributed by atoms with E-state index in [1.54, 1.807) is 5.56 Å². The van der Waals surface area contributed by atoms with Crippen molar-refractivity contribution in [3.63, 3.8) is 0 Å². The fraction of sp³-hybridized carbons (Fsp3) is 0.647. The first-order valence-corrected chi connectivity index (χ1v) is 7.68. The molecule has 1 aromatic rings. The van der Waals surface area contributed by atoms with Crippen LogP contribution in [0.4, 0.5) is 0 Å². The van der Waals surface area contributed by atoms with Gasteiger partial charge in [0.1, 0.15) is 5.75 Å². The van der Waals surface area contributed by atoms with E-state index >= 15 is 0 Å². The van der Waals surface area contributed by atoms with Gasteiger partial charge in [-0.3, -0.25) is 0 Å². The standard InChI is InChI=1S/C17H23NO/c1-19-15-5-2-4-14-13(15)6-9-16-7-3-8-17(14,16)10-11-18-12-16/h2,4-5,18H,3,6-12H2,1H3. The summed E-state index contributed by atoms with van der Waals surface area (Å²) in [4.78, 5) is 0.